The first kappa shape index (κ1) is 44.7. The third kappa shape index (κ3) is 11.7. The maximum atomic E-state index is 14.0. The second-order valence-corrected chi connectivity index (χ2v) is 17.3. The predicted molar refractivity (Wildman–Crippen MR) is 237 cm³/mol. The second kappa shape index (κ2) is 20.6. The summed E-state index contributed by atoms with van der Waals surface area (Å²) in [6.07, 6.45) is 6.11. The summed E-state index contributed by atoms with van der Waals surface area (Å²) in [6.45, 7) is 8.95. The molecule has 0 unspecified atom stereocenters. The molecule has 1 fully saturated rings. The Hall–Kier alpha value is -5.80. The highest BCUT2D eigenvalue weighted by Gasteiger charge is 2.41. The number of carbonyl (C=O) groups is 4. The van der Waals surface area contributed by atoms with Gasteiger partial charge in [-0.15, -0.1) is 11.3 Å². The molecule has 0 saturated carbocycles. The quantitative estimate of drug-likeness (QED) is 0.0635. The molecule has 0 radical (unpaired) electrons. The van der Waals surface area contributed by atoms with E-state index in [1.54, 1.807) is 58.8 Å². The van der Waals surface area contributed by atoms with Crippen LogP contribution in [0.1, 0.15) is 87.5 Å². The van der Waals surface area contributed by atoms with Gasteiger partial charge in [0.2, 0.25) is 17.7 Å². The number of nitrogens with zero attached hydrogens (tertiary/aromatic N) is 4. The number of aromatic amines is 1. The molecule has 61 heavy (non-hydrogen) atoms. The number of halogens is 1. The Kier molecular flexibility index (Phi) is 15.1. The molecule has 4 heterocycles. The lowest BCUT2D eigenvalue weighted by molar-refractivity contribution is -0.143. The highest BCUT2D eigenvalue weighted by molar-refractivity contribution is 7.13. The summed E-state index contributed by atoms with van der Waals surface area (Å²) in [5, 5.41) is 15.9. The molecule has 322 valence electrons. The van der Waals surface area contributed by atoms with Crippen LogP contribution in [0.3, 0.4) is 0 Å². The average molecular weight is 869 g/mol. The summed E-state index contributed by atoms with van der Waals surface area (Å²) in [7, 11) is 1.49. The van der Waals surface area contributed by atoms with Gasteiger partial charge in [0.05, 0.1) is 51.9 Å². The van der Waals surface area contributed by atoms with E-state index in [1.165, 1.54) is 7.11 Å². The highest BCUT2D eigenvalue weighted by atomic mass is 35.5. The van der Waals surface area contributed by atoms with E-state index in [0.29, 0.717) is 72.6 Å². The number of aryl methyl sites for hydroxylation is 1. The Labute approximate surface area is 365 Å². The van der Waals surface area contributed by atoms with Crippen molar-refractivity contribution in [3.63, 3.8) is 0 Å². The van der Waals surface area contributed by atoms with Gasteiger partial charge in [0.15, 0.2) is 0 Å². The molecule has 16 heteroatoms. The molecule has 1 aliphatic rings. The number of hydrogen-bond acceptors (Lipinski definition) is 10. The van der Waals surface area contributed by atoms with E-state index < -0.39 is 23.4 Å². The van der Waals surface area contributed by atoms with E-state index in [4.69, 9.17) is 21.1 Å². The predicted octanol–water partition coefficient (Wildman–Crippen LogP) is 7.99. The number of H-pyrrole nitrogens is 1. The fraction of sp³-hybridized carbons (Fsp3) is 0.400. The van der Waals surface area contributed by atoms with Crippen LogP contribution in [-0.4, -0.2) is 81.0 Å². The van der Waals surface area contributed by atoms with Gasteiger partial charge in [-0.1, -0.05) is 75.5 Å². The smallest absolute Gasteiger partial charge is 0.274 e. The van der Waals surface area contributed by atoms with Gasteiger partial charge >= 0.3 is 0 Å². The number of pyridine rings is 1. The first-order chi connectivity index (χ1) is 29.3. The van der Waals surface area contributed by atoms with Crippen molar-refractivity contribution < 1.29 is 28.7 Å². The monoisotopic (exact) mass is 868 g/mol. The molecule has 14 nitrogen and oxygen atoms in total. The minimum atomic E-state index is -0.776. The minimum absolute atomic E-state index is 0.194. The summed E-state index contributed by atoms with van der Waals surface area (Å²) < 4.78 is 11.5. The molecule has 2 aromatic carbocycles. The molecular formula is C45H53ClN8O6S. The molecule has 4 amide bonds. The van der Waals surface area contributed by atoms with Crippen LogP contribution in [0.5, 0.6) is 11.5 Å². The lowest BCUT2D eigenvalue weighted by atomic mass is 9.85. The number of nitrogens with one attached hydrogen (secondary N) is 4. The summed E-state index contributed by atoms with van der Waals surface area (Å²) >= 11 is 8.14. The first-order valence-corrected chi connectivity index (χ1v) is 21.7. The largest absolute Gasteiger partial charge is 0.494 e. The number of thiazole rings is 1. The molecule has 4 N–H and O–H groups in total. The van der Waals surface area contributed by atoms with Crippen LogP contribution in [0.2, 0.25) is 5.02 Å². The summed E-state index contributed by atoms with van der Waals surface area (Å²) in [6, 6.07) is 16.8. The van der Waals surface area contributed by atoms with Crippen LogP contribution in [0.25, 0.3) is 21.8 Å². The number of unbranched alkanes of at least 4 members (excludes halogenated alkanes) is 3. The number of carbonyl (C=O) groups excluding carboxylic acids is 4. The number of methoxy groups -OCH3 is 1. The van der Waals surface area contributed by atoms with Crippen LogP contribution in [0, 0.1) is 12.3 Å². The number of benzene rings is 2. The van der Waals surface area contributed by atoms with Crippen LogP contribution in [-0.2, 0) is 20.9 Å². The Morgan fingerprint density at radius 2 is 1.80 bits per heavy atom. The van der Waals surface area contributed by atoms with Crippen molar-refractivity contribution in [1.29, 1.82) is 0 Å². The number of ether oxygens (including phenoxy) is 2. The van der Waals surface area contributed by atoms with Crippen LogP contribution in [0.15, 0.2) is 72.4 Å². The topological polar surface area (TPSA) is 181 Å². The van der Waals surface area contributed by atoms with Crippen molar-refractivity contribution in [3.05, 3.63) is 94.3 Å². The molecule has 3 aromatic heterocycles. The fourth-order valence-corrected chi connectivity index (χ4v) is 8.17. The van der Waals surface area contributed by atoms with Crippen molar-refractivity contribution in [3.8, 4) is 33.3 Å². The van der Waals surface area contributed by atoms with Gasteiger partial charge in [0, 0.05) is 31.8 Å². The first-order valence-electron chi connectivity index (χ1n) is 20.5. The van der Waals surface area contributed by atoms with Gasteiger partial charge in [-0.25, -0.2) is 9.97 Å². The number of amides is 4. The molecule has 1 saturated heterocycles. The molecule has 5 aromatic rings. The zero-order chi connectivity index (χ0) is 43.5. The lowest BCUT2D eigenvalue weighted by Gasteiger charge is -2.35. The fourth-order valence-electron chi connectivity index (χ4n) is 7.14. The molecule has 1 aliphatic heterocycles. The molecule has 0 spiro atoms. The van der Waals surface area contributed by atoms with E-state index >= 15 is 0 Å². The minimum Gasteiger partial charge on any atom is -0.494 e. The molecule has 0 aliphatic carbocycles. The van der Waals surface area contributed by atoms with E-state index in [1.807, 2.05) is 57.5 Å². The standard InChI is InChI=1S/C45H53ClN8O6S/c1-28-40(61-27-48-28)30-18-16-29(17-19-30)26-47-43(57)36-14-11-22-54(36)44(58)41(45(2,3)4)52-39(55)15-8-6-7-9-23-60-37-25-38(59-5)35(24-31(37)46)51-42(56)34-13-10-12-32(50-34)33-20-21-49-53-33/h10,12-13,16-21,24-25,27,36,41H,6-9,11,14-15,22-23,26H2,1-5H3,(H,47,57)(H,49,53)(H,51,56)(H,52,55)/t36-,41+/m0/s1. The van der Waals surface area contributed by atoms with Gasteiger partial charge < -0.3 is 30.3 Å². The molecule has 6 rings (SSSR count). The van der Waals surface area contributed by atoms with Gasteiger partial charge in [-0.2, -0.15) is 5.10 Å². The summed E-state index contributed by atoms with van der Waals surface area (Å²) in [4.78, 5) is 65.1. The van der Waals surface area contributed by atoms with Crippen molar-refractivity contribution in [2.75, 3.05) is 25.6 Å². The Morgan fingerprint density at radius 1 is 1.02 bits per heavy atom. The van der Waals surface area contributed by atoms with E-state index in [2.05, 4.69) is 36.1 Å². The highest BCUT2D eigenvalue weighted by Crippen LogP contribution is 2.37. The maximum absolute atomic E-state index is 14.0. The van der Waals surface area contributed by atoms with Crippen molar-refractivity contribution in [1.82, 2.24) is 35.7 Å². The van der Waals surface area contributed by atoms with E-state index in [0.717, 1.165) is 41.0 Å². The maximum Gasteiger partial charge on any atom is 0.274 e. The molecule has 0 bridgehead atoms. The van der Waals surface area contributed by atoms with E-state index in [-0.39, 0.29) is 29.8 Å². The number of anilines is 1. The third-order valence-corrected chi connectivity index (χ3v) is 11.8. The van der Waals surface area contributed by atoms with Crippen molar-refractivity contribution in [2.45, 2.75) is 91.3 Å². The van der Waals surface area contributed by atoms with Crippen LogP contribution < -0.4 is 25.4 Å². The second-order valence-electron chi connectivity index (χ2n) is 16.1. The van der Waals surface area contributed by atoms with Gasteiger partial charge in [-0.3, -0.25) is 24.3 Å². The van der Waals surface area contributed by atoms with Gasteiger partial charge in [-0.05, 0) is 73.4 Å². The van der Waals surface area contributed by atoms with Crippen LogP contribution in [0.4, 0.5) is 5.69 Å². The van der Waals surface area contributed by atoms with Crippen molar-refractivity contribution in [2.24, 2.45) is 5.41 Å². The Balaban J connectivity index is 0.920. The normalized spacial score (nSPS) is 14.3. The van der Waals surface area contributed by atoms with Gasteiger partial charge in [0.1, 0.15) is 29.3 Å². The van der Waals surface area contributed by atoms with Crippen molar-refractivity contribution >= 4 is 52.3 Å². The van der Waals surface area contributed by atoms with Crippen LogP contribution >= 0.6 is 22.9 Å². The lowest BCUT2D eigenvalue weighted by Crippen LogP contribution is -2.57. The SMILES string of the molecule is COc1cc(OCCCCCCC(=O)N[C@H](C(=O)N2CCC[C@H]2C(=O)NCc2ccc(-c3scnc3C)cc2)C(C)(C)C)c(Cl)cc1NC(=O)c1cccc(-c2ccn[nH]2)n1. The molecule has 2 atom stereocenters. The Bertz CT molecular complexity index is 2290. The third-order valence-electron chi connectivity index (χ3n) is 10.5. The summed E-state index contributed by atoms with van der Waals surface area (Å²) in [5.41, 5.74) is 6.15. The zero-order valence-electron chi connectivity index (χ0n) is 35.2. The van der Waals surface area contributed by atoms with Gasteiger partial charge in [0.25, 0.3) is 5.91 Å². The number of likely N-dealkylation sites (tertiary alicyclic amines) is 1. The number of aromatic nitrogens is 4. The summed E-state index contributed by atoms with van der Waals surface area (Å²) in [5.74, 6) is -0.276. The molecular weight excluding hydrogens is 816 g/mol. The Morgan fingerprint density at radius 3 is 2.51 bits per heavy atom. The zero-order valence-corrected chi connectivity index (χ0v) is 36.8. The van der Waals surface area contributed by atoms with E-state index in [9.17, 15) is 19.2 Å². The average Bonchev–Trinajstić information content (AvgIpc) is 4.05. The number of hydrogen-bond donors (Lipinski definition) is 4. The number of rotatable bonds is 18.